The number of para-hydroxylation sites is 1. The summed E-state index contributed by atoms with van der Waals surface area (Å²) >= 11 is 0. The van der Waals surface area contributed by atoms with Crippen LogP contribution in [0.25, 0.3) is 0 Å². The first-order valence-corrected chi connectivity index (χ1v) is 7.83. The minimum Gasteiger partial charge on any atom is -0.411 e. The van der Waals surface area contributed by atoms with Gasteiger partial charge in [-0.05, 0) is 18.6 Å². The molecule has 0 amide bonds. The number of hydrogen-bond donors (Lipinski definition) is 1. The molecule has 66 valence electrons. The molecule has 1 N–H and O–H groups in total. The van der Waals surface area contributed by atoms with Gasteiger partial charge in [-0.2, -0.15) is 0 Å². The average Bonchev–Trinajstić information content (AvgIpc) is 1.91. The second kappa shape index (κ2) is 3.31. The number of nitrogens with one attached hydrogen (secondary N) is 1. The molecule has 0 radical (unpaired) electrons. The molecule has 1 aromatic carbocycles. The van der Waals surface area contributed by atoms with Crippen LogP contribution in [-0.4, -0.2) is 8.24 Å². The molecule has 0 unspecified atom stereocenters. The number of anilines is 1. The smallest absolute Gasteiger partial charge is 0.144 e. The van der Waals surface area contributed by atoms with E-state index < -0.39 is 8.24 Å². The molecule has 1 aromatic rings. The maximum atomic E-state index is 3.59. The first-order valence-electron chi connectivity index (χ1n) is 4.33. The number of rotatable bonds is 2. The van der Waals surface area contributed by atoms with Gasteiger partial charge in [0.15, 0.2) is 0 Å². The van der Waals surface area contributed by atoms with Crippen molar-refractivity contribution in [2.24, 2.45) is 0 Å². The van der Waals surface area contributed by atoms with Gasteiger partial charge in [-0.1, -0.05) is 37.8 Å². The summed E-state index contributed by atoms with van der Waals surface area (Å²) in [5.74, 6) is 0. The summed E-state index contributed by atoms with van der Waals surface area (Å²) in [6.07, 6.45) is 0. The monoisotopic (exact) mass is 179 g/mol. The van der Waals surface area contributed by atoms with Gasteiger partial charge >= 0.3 is 0 Å². The largest absolute Gasteiger partial charge is 0.411 e. The Labute approximate surface area is 75.9 Å². The third kappa shape index (κ3) is 2.70. The summed E-state index contributed by atoms with van der Waals surface area (Å²) in [6.45, 7) is 9.06. The maximum absolute atomic E-state index is 3.59. The minimum absolute atomic E-state index is 1.18. The van der Waals surface area contributed by atoms with E-state index >= 15 is 0 Å². The second-order valence-electron chi connectivity index (χ2n) is 4.19. The van der Waals surface area contributed by atoms with Gasteiger partial charge in [0.25, 0.3) is 0 Å². The van der Waals surface area contributed by atoms with Crippen LogP contribution in [0.4, 0.5) is 5.69 Å². The van der Waals surface area contributed by atoms with Crippen molar-refractivity contribution in [3.8, 4) is 0 Å². The molecule has 0 aromatic heterocycles. The predicted molar refractivity (Wildman–Crippen MR) is 58.1 cm³/mol. The zero-order valence-corrected chi connectivity index (χ0v) is 9.31. The van der Waals surface area contributed by atoms with Gasteiger partial charge < -0.3 is 4.98 Å². The molecule has 0 heterocycles. The molecule has 0 fully saturated rings. The Morgan fingerprint density at radius 3 is 2.17 bits per heavy atom. The van der Waals surface area contributed by atoms with Crippen molar-refractivity contribution in [1.29, 1.82) is 0 Å². The van der Waals surface area contributed by atoms with Gasteiger partial charge in [0, 0.05) is 5.69 Å². The third-order valence-corrected chi connectivity index (χ3v) is 2.67. The first kappa shape index (κ1) is 9.33. The topological polar surface area (TPSA) is 12.0 Å². The lowest BCUT2D eigenvalue weighted by Crippen LogP contribution is -2.32. The van der Waals surface area contributed by atoms with Crippen molar-refractivity contribution in [3.05, 3.63) is 29.8 Å². The number of aryl methyl sites for hydroxylation is 1. The average molecular weight is 179 g/mol. The van der Waals surface area contributed by atoms with Crippen LogP contribution in [0, 0.1) is 6.92 Å². The molecule has 1 rings (SSSR count). The third-order valence-electron chi connectivity index (χ3n) is 1.65. The van der Waals surface area contributed by atoms with Crippen molar-refractivity contribution in [2.75, 3.05) is 4.98 Å². The molecule has 0 atom stereocenters. The molecular weight excluding hydrogens is 162 g/mol. The van der Waals surface area contributed by atoms with Gasteiger partial charge in [-0.3, -0.25) is 0 Å². The zero-order chi connectivity index (χ0) is 9.19. The molecular formula is C10H17NSi. The number of hydrogen-bond acceptors (Lipinski definition) is 1. The SMILES string of the molecule is Cc1ccccc1N[Si](C)(C)C. The van der Waals surface area contributed by atoms with E-state index in [0.29, 0.717) is 0 Å². The van der Waals surface area contributed by atoms with E-state index in [-0.39, 0.29) is 0 Å². The summed E-state index contributed by atoms with van der Waals surface area (Å²) in [7, 11) is -1.18. The number of benzene rings is 1. The van der Waals surface area contributed by atoms with Crippen molar-refractivity contribution < 1.29 is 0 Å². The van der Waals surface area contributed by atoms with Crippen LogP contribution in [0.15, 0.2) is 24.3 Å². The predicted octanol–water partition coefficient (Wildman–Crippen LogP) is 3.24. The van der Waals surface area contributed by atoms with Crippen LogP contribution in [-0.2, 0) is 0 Å². The summed E-state index contributed by atoms with van der Waals surface area (Å²) in [6, 6.07) is 8.44. The van der Waals surface area contributed by atoms with E-state index in [9.17, 15) is 0 Å². The summed E-state index contributed by atoms with van der Waals surface area (Å²) < 4.78 is 0. The van der Waals surface area contributed by atoms with Gasteiger partial charge in [0.05, 0.1) is 0 Å². The summed E-state index contributed by atoms with van der Waals surface area (Å²) in [5.41, 5.74) is 2.62. The Bertz CT molecular complexity index is 263. The Kier molecular flexibility index (Phi) is 2.57. The fourth-order valence-corrected chi connectivity index (χ4v) is 2.21. The highest BCUT2D eigenvalue weighted by Crippen LogP contribution is 2.16. The Morgan fingerprint density at radius 1 is 1.08 bits per heavy atom. The van der Waals surface area contributed by atoms with E-state index in [1.165, 1.54) is 11.3 Å². The van der Waals surface area contributed by atoms with E-state index in [2.05, 4.69) is 55.8 Å². The fourth-order valence-electron chi connectivity index (χ4n) is 1.12. The molecule has 0 bridgehead atoms. The zero-order valence-electron chi connectivity index (χ0n) is 8.31. The highest BCUT2D eigenvalue weighted by molar-refractivity contribution is 6.79. The van der Waals surface area contributed by atoms with Crippen LogP contribution in [0.1, 0.15) is 5.56 Å². The molecule has 2 heteroatoms. The molecule has 0 aliphatic heterocycles. The quantitative estimate of drug-likeness (QED) is 0.687. The fraction of sp³-hybridized carbons (Fsp3) is 0.400. The van der Waals surface area contributed by atoms with Gasteiger partial charge in [0.2, 0.25) is 0 Å². The minimum atomic E-state index is -1.18. The van der Waals surface area contributed by atoms with Crippen molar-refractivity contribution in [2.45, 2.75) is 26.6 Å². The molecule has 0 aliphatic rings. The Morgan fingerprint density at radius 2 is 1.67 bits per heavy atom. The highest BCUT2D eigenvalue weighted by Gasteiger charge is 2.13. The second-order valence-corrected chi connectivity index (χ2v) is 8.94. The molecule has 0 aliphatic carbocycles. The summed E-state index contributed by atoms with van der Waals surface area (Å²) in [4.78, 5) is 3.59. The molecule has 1 nitrogen and oxygen atoms in total. The van der Waals surface area contributed by atoms with Gasteiger partial charge in [0.1, 0.15) is 8.24 Å². The normalized spacial score (nSPS) is 11.3. The lowest BCUT2D eigenvalue weighted by Gasteiger charge is -2.20. The van der Waals surface area contributed by atoms with Gasteiger partial charge in [-0.15, -0.1) is 0 Å². The first-order chi connectivity index (χ1) is 5.49. The highest BCUT2D eigenvalue weighted by atomic mass is 28.3. The lowest BCUT2D eigenvalue weighted by atomic mass is 10.2. The van der Waals surface area contributed by atoms with E-state index in [1.54, 1.807) is 0 Å². The van der Waals surface area contributed by atoms with Crippen LogP contribution in [0.2, 0.25) is 19.6 Å². The molecule has 0 spiro atoms. The van der Waals surface area contributed by atoms with Crippen LogP contribution >= 0.6 is 0 Å². The maximum Gasteiger partial charge on any atom is 0.144 e. The van der Waals surface area contributed by atoms with E-state index in [4.69, 9.17) is 0 Å². The van der Waals surface area contributed by atoms with Crippen LogP contribution in [0.3, 0.4) is 0 Å². The molecule has 12 heavy (non-hydrogen) atoms. The lowest BCUT2D eigenvalue weighted by molar-refractivity contribution is 1.44. The Balaban J connectivity index is 2.83. The van der Waals surface area contributed by atoms with E-state index in [1.807, 2.05) is 0 Å². The van der Waals surface area contributed by atoms with Crippen LogP contribution < -0.4 is 4.98 Å². The van der Waals surface area contributed by atoms with E-state index in [0.717, 1.165) is 0 Å². The molecule has 0 saturated heterocycles. The Hall–Kier alpha value is -0.763. The van der Waals surface area contributed by atoms with Crippen LogP contribution in [0.5, 0.6) is 0 Å². The standard InChI is InChI=1S/C10H17NSi/c1-9-7-5-6-8-10(9)11-12(2,3)4/h5-8,11H,1-4H3. The van der Waals surface area contributed by atoms with Crippen molar-refractivity contribution >= 4 is 13.9 Å². The van der Waals surface area contributed by atoms with Crippen molar-refractivity contribution in [1.82, 2.24) is 0 Å². The van der Waals surface area contributed by atoms with Gasteiger partial charge in [-0.25, -0.2) is 0 Å². The molecule has 0 saturated carbocycles. The summed E-state index contributed by atoms with van der Waals surface area (Å²) in [5, 5.41) is 0. The van der Waals surface area contributed by atoms with Crippen molar-refractivity contribution in [3.63, 3.8) is 0 Å².